The molecule has 24 heavy (non-hydrogen) atoms. The Morgan fingerprint density at radius 3 is 2.58 bits per heavy atom. The first kappa shape index (κ1) is 18.7. The second kappa shape index (κ2) is 6.70. The van der Waals surface area contributed by atoms with Crippen LogP contribution in [0.5, 0.6) is 0 Å². The van der Waals surface area contributed by atoms with Gasteiger partial charge in [-0.05, 0) is 25.1 Å². The number of halogens is 1. The molecule has 0 aromatic heterocycles. The van der Waals surface area contributed by atoms with Crippen LogP contribution in [0, 0.1) is 5.41 Å². The first-order valence-corrected chi connectivity index (χ1v) is 8.28. The van der Waals surface area contributed by atoms with E-state index < -0.39 is 11.0 Å². The second-order valence-corrected chi connectivity index (χ2v) is 7.08. The fourth-order valence-corrected chi connectivity index (χ4v) is 3.12. The topological polar surface area (TPSA) is 93.4 Å². The highest BCUT2D eigenvalue weighted by Gasteiger charge is 2.62. The highest BCUT2D eigenvalue weighted by molar-refractivity contribution is 6.34. The van der Waals surface area contributed by atoms with Crippen molar-refractivity contribution >= 4 is 34.8 Å². The minimum atomic E-state index is -1.04. The summed E-state index contributed by atoms with van der Waals surface area (Å²) in [6.45, 7) is 7.75. The molecule has 2 unspecified atom stereocenters. The third-order valence-electron chi connectivity index (χ3n) is 4.77. The van der Waals surface area contributed by atoms with Crippen LogP contribution < -0.4 is 16.4 Å². The number of amides is 2. The Labute approximate surface area is 147 Å². The molecule has 1 saturated carbocycles. The van der Waals surface area contributed by atoms with Crippen molar-refractivity contribution in [2.45, 2.75) is 45.8 Å². The Morgan fingerprint density at radius 2 is 2.04 bits per heavy atom. The number of rotatable bonds is 5. The molecule has 2 amide bonds. The smallest absolute Gasteiger partial charge is 0.245 e. The van der Waals surface area contributed by atoms with Gasteiger partial charge in [0.15, 0.2) is 0 Å². The minimum Gasteiger partial charge on any atom is -0.378 e. The van der Waals surface area contributed by atoms with E-state index in [2.05, 4.69) is 10.6 Å². The molecule has 2 atom stereocenters. The molecule has 1 fully saturated rings. The predicted molar refractivity (Wildman–Crippen MR) is 95.1 cm³/mol. The van der Waals surface area contributed by atoms with Crippen LogP contribution >= 0.6 is 11.6 Å². The van der Waals surface area contributed by atoms with Crippen LogP contribution in [0.25, 0.3) is 0 Å². The van der Waals surface area contributed by atoms with Gasteiger partial charge < -0.3 is 21.1 Å². The number of benzene rings is 1. The van der Waals surface area contributed by atoms with Crippen LogP contribution in [-0.4, -0.2) is 30.1 Å². The summed E-state index contributed by atoms with van der Waals surface area (Å²) in [5.41, 5.74) is 5.78. The summed E-state index contributed by atoms with van der Waals surface area (Å²) in [4.78, 5) is 23.9. The van der Waals surface area contributed by atoms with Crippen LogP contribution in [0.2, 0.25) is 5.02 Å². The molecule has 1 aliphatic carbocycles. The molecule has 2 rings (SSSR count). The molecule has 0 saturated heterocycles. The fraction of sp³-hybridized carbons (Fsp3) is 0.529. The van der Waals surface area contributed by atoms with Gasteiger partial charge in [0.05, 0.1) is 16.8 Å². The highest BCUT2D eigenvalue weighted by atomic mass is 35.5. The molecule has 132 valence electrons. The van der Waals surface area contributed by atoms with Crippen LogP contribution in [0.4, 0.5) is 11.4 Å². The van der Waals surface area contributed by atoms with E-state index in [4.69, 9.17) is 22.1 Å². The Bertz CT molecular complexity index is 662. The van der Waals surface area contributed by atoms with E-state index in [0.29, 0.717) is 29.4 Å². The number of carbonyl (C=O) groups is 2. The lowest BCUT2D eigenvalue weighted by molar-refractivity contribution is -0.166. The van der Waals surface area contributed by atoms with Crippen LogP contribution in [-0.2, 0) is 14.3 Å². The van der Waals surface area contributed by atoms with Crippen molar-refractivity contribution in [3.8, 4) is 0 Å². The van der Waals surface area contributed by atoms with Crippen LogP contribution in [0.15, 0.2) is 18.2 Å². The van der Waals surface area contributed by atoms with Crippen molar-refractivity contribution < 1.29 is 14.3 Å². The number of carbonyl (C=O) groups excluding carboxylic acids is 2. The summed E-state index contributed by atoms with van der Waals surface area (Å²) >= 11 is 6.14. The molecular formula is C17H24ClN3O3. The Kier molecular flexibility index (Phi) is 5.22. The van der Waals surface area contributed by atoms with E-state index in [0.717, 1.165) is 0 Å². The van der Waals surface area contributed by atoms with Gasteiger partial charge in [-0.1, -0.05) is 25.4 Å². The summed E-state index contributed by atoms with van der Waals surface area (Å²) in [7, 11) is 0. The largest absolute Gasteiger partial charge is 0.378 e. The standard InChI is InChI=1S/C17H24ClN3O3/c1-5-24-14-9-17(19,16(14,3)4)15(23)21-13-8-11(20-10(2)22)6-7-12(13)18/h6-8,14H,5,9,19H2,1-4H3,(H,20,22)(H,21,23). The van der Waals surface area contributed by atoms with Crippen molar-refractivity contribution in [3.05, 3.63) is 23.2 Å². The van der Waals surface area contributed by atoms with Gasteiger partial charge in [-0.25, -0.2) is 0 Å². The maximum atomic E-state index is 12.7. The lowest BCUT2D eigenvalue weighted by atomic mass is 9.54. The summed E-state index contributed by atoms with van der Waals surface area (Å²) in [5.74, 6) is -0.519. The second-order valence-electron chi connectivity index (χ2n) is 6.67. The third-order valence-corrected chi connectivity index (χ3v) is 5.10. The first-order chi connectivity index (χ1) is 11.1. The van der Waals surface area contributed by atoms with Gasteiger partial charge in [0.1, 0.15) is 5.54 Å². The minimum absolute atomic E-state index is 0.0561. The summed E-state index contributed by atoms with van der Waals surface area (Å²) in [6.07, 6.45) is 0.391. The van der Waals surface area contributed by atoms with Gasteiger partial charge in [0.25, 0.3) is 0 Å². The average Bonchev–Trinajstić information content (AvgIpc) is 2.49. The molecule has 0 aliphatic heterocycles. The Balaban J connectivity index is 2.17. The number of anilines is 2. The van der Waals surface area contributed by atoms with Crippen molar-refractivity contribution in [2.24, 2.45) is 11.1 Å². The summed E-state index contributed by atoms with van der Waals surface area (Å²) < 4.78 is 5.64. The SMILES string of the molecule is CCOC1CC(N)(C(=O)Nc2cc(NC(C)=O)ccc2Cl)C1(C)C. The van der Waals surface area contributed by atoms with Crippen molar-refractivity contribution in [3.63, 3.8) is 0 Å². The molecule has 1 aliphatic rings. The molecule has 6 nitrogen and oxygen atoms in total. The van der Waals surface area contributed by atoms with E-state index in [-0.39, 0.29) is 17.9 Å². The van der Waals surface area contributed by atoms with Gasteiger partial charge in [0, 0.05) is 31.1 Å². The molecule has 0 spiro atoms. The normalized spacial score (nSPS) is 24.8. The highest BCUT2D eigenvalue weighted by Crippen LogP contribution is 2.50. The predicted octanol–water partition coefficient (Wildman–Crippen LogP) is 2.77. The van der Waals surface area contributed by atoms with Gasteiger partial charge in [-0.2, -0.15) is 0 Å². The van der Waals surface area contributed by atoms with Gasteiger partial charge in [-0.3, -0.25) is 9.59 Å². The van der Waals surface area contributed by atoms with E-state index in [1.54, 1.807) is 18.2 Å². The van der Waals surface area contributed by atoms with Gasteiger partial charge in [0.2, 0.25) is 11.8 Å². The maximum absolute atomic E-state index is 12.7. The monoisotopic (exact) mass is 353 g/mol. The molecule has 7 heteroatoms. The summed E-state index contributed by atoms with van der Waals surface area (Å²) in [6, 6.07) is 4.88. The molecule has 0 bridgehead atoms. The molecule has 1 aromatic carbocycles. The van der Waals surface area contributed by atoms with Crippen LogP contribution in [0.1, 0.15) is 34.1 Å². The number of hydrogen-bond acceptors (Lipinski definition) is 4. The fourth-order valence-electron chi connectivity index (χ4n) is 2.96. The number of ether oxygens (including phenoxy) is 1. The van der Waals surface area contributed by atoms with Gasteiger partial charge in [-0.15, -0.1) is 0 Å². The molecule has 1 aromatic rings. The lowest BCUT2D eigenvalue weighted by Crippen LogP contribution is -2.74. The molecular weight excluding hydrogens is 330 g/mol. The number of nitrogens with two attached hydrogens (primary N) is 1. The van der Waals surface area contributed by atoms with E-state index in [1.807, 2.05) is 20.8 Å². The lowest BCUT2D eigenvalue weighted by Gasteiger charge is -2.57. The van der Waals surface area contributed by atoms with Crippen LogP contribution in [0.3, 0.4) is 0 Å². The zero-order valence-corrected chi connectivity index (χ0v) is 15.2. The number of hydrogen-bond donors (Lipinski definition) is 3. The third kappa shape index (κ3) is 3.27. The summed E-state index contributed by atoms with van der Waals surface area (Å²) in [5, 5.41) is 5.81. The molecule has 0 radical (unpaired) electrons. The van der Waals surface area contributed by atoms with Crippen molar-refractivity contribution in [1.29, 1.82) is 0 Å². The zero-order chi connectivity index (χ0) is 18.1. The Hall–Kier alpha value is -1.63. The Morgan fingerprint density at radius 1 is 1.38 bits per heavy atom. The van der Waals surface area contributed by atoms with Crippen molar-refractivity contribution in [2.75, 3.05) is 17.2 Å². The maximum Gasteiger partial charge on any atom is 0.245 e. The first-order valence-electron chi connectivity index (χ1n) is 7.91. The van der Waals surface area contributed by atoms with E-state index in [9.17, 15) is 9.59 Å². The van der Waals surface area contributed by atoms with E-state index in [1.165, 1.54) is 6.92 Å². The van der Waals surface area contributed by atoms with Crippen molar-refractivity contribution in [1.82, 2.24) is 0 Å². The van der Waals surface area contributed by atoms with Gasteiger partial charge >= 0.3 is 0 Å². The zero-order valence-electron chi connectivity index (χ0n) is 14.4. The number of nitrogens with one attached hydrogen (secondary N) is 2. The average molecular weight is 354 g/mol. The quantitative estimate of drug-likeness (QED) is 0.758. The molecule has 0 heterocycles. The van der Waals surface area contributed by atoms with E-state index >= 15 is 0 Å². The molecule has 4 N–H and O–H groups in total.